The number of nitrogens with one attached hydrogen (secondary N) is 1. The van der Waals surface area contributed by atoms with Crippen LogP contribution in [0.1, 0.15) is 22.5 Å². The monoisotopic (exact) mass is 429 g/mol. The maximum absolute atomic E-state index is 13.3. The molecule has 27 heavy (non-hydrogen) atoms. The van der Waals surface area contributed by atoms with E-state index in [-0.39, 0.29) is 16.0 Å². The lowest BCUT2D eigenvalue weighted by Gasteiger charge is -2.04. The summed E-state index contributed by atoms with van der Waals surface area (Å²) in [5.41, 5.74) is 4.75. The predicted molar refractivity (Wildman–Crippen MR) is 98.1 cm³/mol. The van der Waals surface area contributed by atoms with Crippen LogP contribution in [0.15, 0.2) is 56.6 Å². The number of hydroxylamine groups is 1. The minimum Gasteiger partial charge on any atom is -0.290 e. The number of aliphatic imine (C=N–C) groups is 1. The van der Waals surface area contributed by atoms with Crippen LogP contribution in [0.2, 0.25) is 0 Å². The molecule has 3 aromatic rings. The maximum Gasteiger partial charge on any atom is 0.181 e. The van der Waals surface area contributed by atoms with Crippen LogP contribution in [-0.2, 0) is 12.8 Å². The van der Waals surface area contributed by atoms with Crippen LogP contribution >= 0.6 is 15.9 Å². The minimum atomic E-state index is -0.418. The van der Waals surface area contributed by atoms with Crippen molar-refractivity contribution in [2.45, 2.75) is 12.8 Å². The van der Waals surface area contributed by atoms with E-state index >= 15 is 0 Å². The van der Waals surface area contributed by atoms with Crippen molar-refractivity contribution in [3.63, 3.8) is 0 Å². The highest BCUT2D eigenvalue weighted by molar-refractivity contribution is 9.10. The quantitative estimate of drug-likeness (QED) is 0.363. The van der Waals surface area contributed by atoms with Gasteiger partial charge < -0.3 is 0 Å². The van der Waals surface area contributed by atoms with Crippen LogP contribution in [0, 0.1) is 17.1 Å². The van der Waals surface area contributed by atoms with E-state index in [4.69, 9.17) is 9.89 Å². The third kappa shape index (κ3) is 4.55. The Labute approximate surface area is 162 Å². The molecule has 0 fully saturated rings. The Morgan fingerprint density at radius 3 is 2.67 bits per heavy atom. The molecule has 0 aliphatic carbocycles. The number of amidine groups is 1. The van der Waals surface area contributed by atoms with Crippen LogP contribution in [0.4, 0.5) is 10.1 Å². The molecule has 0 radical (unpaired) electrons. The van der Waals surface area contributed by atoms with E-state index in [9.17, 15) is 9.60 Å². The lowest BCUT2D eigenvalue weighted by atomic mass is 10.1. The lowest BCUT2D eigenvalue weighted by molar-refractivity contribution is 0.234. The molecular weight excluding hydrogens is 417 g/mol. The first-order valence-electron chi connectivity index (χ1n) is 7.85. The first kappa shape index (κ1) is 18.7. The Bertz CT molecular complexity index is 1010. The summed E-state index contributed by atoms with van der Waals surface area (Å²) < 4.78 is 18.4. The first-order valence-corrected chi connectivity index (χ1v) is 8.64. The van der Waals surface area contributed by atoms with Gasteiger partial charge in [-0.1, -0.05) is 17.3 Å². The smallest absolute Gasteiger partial charge is 0.181 e. The summed E-state index contributed by atoms with van der Waals surface area (Å²) in [6, 6.07) is 13.5. The number of benzene rings is 2. The zero-order chi connectivity index (χ0) is 19.2. The van der Waals surface area contributed by atoms with Crippen molar-refractivity contribution in [3.8, 4) is 6.07 Å². The van der Waals surface area contributed by atoms with E-state index in [2.05, 4.69) is 37.3 Å². The highest BCUT2D eigenvalue weighted by Gasteiger charge is 2.16. The molecule has 7 nitrogen and oxygen atoms in total. The Balaban J connectivity index is 1.80. The van der Waals surface area contributed by atoms with Gasteiger partial charge in [0.25, 0.3) is 0 Å². The first-order chi connectivity index (χ1) is 13.1. The summed E-state index contributed by atoms with van der Waals surface area (Å²) in [6.45, 7) is 0. The fourth-order valence-electron chi connectivity index (χ4n) is 2.37. The molecule has 136 valence electrons. The summed E-state index contributed by atoms with van der Waals surface area (Å²) in [6.07, 6.45) is 1.12. The fraction of sp³-hybridized carbons (Fsp3) is 0.111. The van der Waals surface area contributed by atoms with Gasteiger partial charge in [-0.2, -0.15) is 5.26 Å². The molecule has 0 saturated carbocycles. The molecule has 0 aliphatic rings. The number of aromatic nitrogens is 2. The highest BCUT2D eigenvalue weighted by atomic mass is 79.9. The zero-order valence-corrected chi connectivity index (χ0v) is 15.4. The SMILES string of the molecule is N#Cc1ccc(CCc2nonc2C(=Nc2ccc(F)c(Br)c2)NO)cc1. The number of halogens is 2. The van der Waals surface area contributed by atoms with E-state index in [1.807, 2.05) is 17.6 Å². The fourth-order valence-corrected chi connectivity index (χ4v) is 2.74. The van der Waals surface area contributed by atoms with Gasteiger partial charge in [0.1, 0.15) is 11.5 Å². The van der Waals surface area contributed by atoms with Gasteiger partial charge in [0, 0.05) is 0 Å². The third-order valence-corrected chi connectivity index (χ3v) is 4.37. The number of hydrogen-bond donors (Lipinski definition) is 2. The topological polar surface area (TPSA) is 107 Å². The zero-order valence-electron chi connectivity index (χ0n) is 13.9. The maximum atomic E-state index is 13.3. The summed E-state index contributed by atoms with van der Waals surface area (Å²) in [5, 5.41) is 25.9. The number of hydrogen-bond acceptors (Lipinski definition) is 6. The van der Waals surface area contributed by atoms with Crippen molar-refractivity contribution in [1.29, 1.82) is 5.26 Å². The van der Waals surface area contributed by atoms with Gasteiger partial charge in [0.15, 0.2) is 11.5 Å². The van der Waals surface area contributed by atoms with Crippen molar-refractivity contribution in [2.24, 2.45) is 4.99 Å². The van der Waals surface area contributed by atoms with Crippen LogP contribution in [0.3, 0.4) is 0 Å². The average Bonchev–Trinajstić information content (AvgIpc) is 3.16. The number of aryl methyl sites for hydroxylation is 2. The predicted octanol–water partition coefficient (Wildman–Crippen LogP) is 3.69. The van der Waals surface area contributed by atoms with Crippen molar-refractivity contribution in [2.75, 3.05) is 0 Å². The van der Waals surface area contributed by atoms with Crippen molar-refractivity contribution in [1.82, 2.24) is 15.8 Å². The molecule has 0 saturated heterocycles. The largest absolute Gasteiger partial charge is 0.290 e. The summed E-state index contributed by atoms with van der Waals surface area (Å²) in [4.78, 5) is 4.22. The molecule has 0 unspecified atom stereocenters. The lowest BCUT2D eigenvalue weighted by Crippen LogP contribution is -2.22. The third-order valence-electron chi connectivity index (χ3n) is 3.76. The van der Waals surface area contributed by atoms with E-state index in [0.717, 1.165) is 5.56 Å². The molecule has 0 atom stereocenters. The standard InChI is InChI=1S/C18H13BrFN5O2/c19-14-9-13(6-7-15(14)20)22-18(23-26)17-16(24-27-25-17)8-5-11-1-3-12(10-21)4-2-11/h1-4,6-7,9,26H,5,8H2,(H,22,23). The van der Waals surface area contributed by atoms with E-state index < -0.39 is 5.82 Å². The summed E-state index contributed by atoms with van der Waals surface area (Å²) >= 11 is 3.09. The van der Waals surface area contributed by atoms with Crippen LogP contribution in [0.5, 0.6) is 0 Å². The Kier molecular flexibility index (Phi) is 5.90. The molecule has 9 heteroatoms. The molecule has 2 aromatic carbocycles. The van der Waals surface area contributed by atoms with E-state index in [1.165, 1.54) is 18.2 Å². The molecule has 1 heterocycles. The molecule has 2 N–H and O–H groups in total. The normalized spacial score (nSPS) is 11.3. The van der Waals surface area contributed by atoms with Crippen LogP contribution < -0.4 is 5.48 Å². The van der Waals surface area contributed by atoms with Gasteiger partial charge in [-0.15, -0.1) is 0 Å². The second kappa shape index (κ2) is 8.53. The van der Waals surface area contributed by atoms with E-state index in [1.54, 1.807) is 12.1 Å². The second-order valence-corrected chi connectivity index (χ2v) is 6.39. The molecular formula is C18H13BrFN5O2. The molecule has 1 aromatic heterocycles. The Hall–Kier alpha value is -3.09. The summed E-state index contributed by atoms with van der Waals surface area (Å²) in [7, 11) is 0. The molecule has 0 spiro atoms. The van der Waals surface area contributed by atoms with Crippen molar-refractivity contribution < 1.29 is 14.2 Å². The van der Waals surface area contributed by atoms with Crippen LogP contribution in [0.25, 0.3) is 0 Å². The van der Waals surface area contributed by atoms with Gasteiger partial charge in [0.2, 0.25) is 0 Å². The Morgan fingerprint density at radius 1 is 1.22 bits per heavy atom. The molecule has 0 aliphatic heterocycles. The van der Waals surface area contributed by atoms with Gasteiger partial charge in [-0.05, 0) is 69.8 Å². The Morgan fingerprint density at radius 2 is 2.00 bits per heavy atom. The van der Waals surface area contributed by atoms with Gasteiger partial charge in [0.05, 0.1) is 21.8 Å². The summed E-state index contributed by atoms with van der Waals surface area (Å²) in [5.74, 6) is -0.386. The van der Waals surface area contributed by atoms with Gasteiger partial charge in [-0.3, -0.25) is 10.7 Å². The van der Waals surface area contributed by atoms with Crippen molar-refractivity contribution >= 4 is 27.5 Å². The van der Waals surface area contributed by atoms with Gasteiger partial charge in [-0.25, -0.2) is 14.0 Å². The number of nitrogens with zero attached hydrogens (tertiary/aromatic N) is 4. The number of nitriles is 1. The number of rotatable bonds is 5. The van der Waals surface area contributed by atoms with Crippen molar-refractivity contribution in [3.05, 3.63) is 75.3 Å². The molecule has 0 amide bonds. The minimum absolute atomic E-state index is 0.0320. The highest BCUT2D eigenvalue weighted by Crippen LogP contribution is 2.23. The average molecular weight is 430 g/mol. The van der Waals surface area contributed by atoms with E-state index in [0.29, 0.717) is 29.8 Å². The molecule has 3 rings (SSSR count). The van der Waals surface area contributed by atoms with Gasteiger partial charge >= 0.3 is 0 Å². The second-order valence-electron chi connectivity index (χ2n) is 5.54. The molecule has 0 bridgehead atoms. The van der Waals surface area contributed by atoms with Crippen LogP contribution in [-0.4, -0.2) is 21.4 Å².